The summed E-state index contributed by atoms with van der Waals surface area (Å²) >= 11 is 0. The molecule has 0 aromatic rings. The van der Waals surface area contributed by atoms with Crippen molar-refractivity contribution in [1.82, 2.24) is 0 Å². The van der Waals surface area contributed by atoms with Crippen LogP contribution in [0.5, 0.6) is 0 Å². The van der Waals surface area contributed by atoms with Gasteiger partial charge >= 0.3 is 0 Å². The van der Waals surface area contributed by atoms with Crippen molar-refractivity contribution in [1.29, 1.82) is 0 Å². The number of hydrogen-bond acceptors (Lipinski definition) is 3. The van der Waals surface area contributed by atoms with Crippen molar-refractivity contribution in [3.8, 4) is 0 Å². The molecule has 0 radical (unpaired) electrons. The monoisotopic (exact) mass is 232 g/mol. The van der Waals surface area contributed by atoms with E-state index in [-0.39, 0.29) is 17.9 Å². The van der Waals surface area contributed by atoms with Crippen LogP contribution < -0.4 is 0 Å². The Morgan fingerprint density at radius 2 is 1.93 bits per heavy atom. The van der Waals surface area contributed by atoms with Gasteiger partial charge in [0.1, 0.15) is 0 Å². The van der Waals surface area contributed by atoms with E-state index in [1.807, 2.05) is 13.8 Å². The molecule has 88 valence electrons. The first kappa shape index (κ1) is 11.4. The first-order valence-corrected chi connectivity index (χ1v) is 7.34. The molecule has 1 atom stereocenters. The minimum Gasteiger partial charge on any atom is -0.396 e. The van der Waals surface area contributed by atoms with E-state index < -0.39 is 14.6 Å². The lowest BCUT2D eigenvalue weighted by molar-refractivity contribution is -0.0240. The fourth-order valence-electron chi connectivity index (χ4n) is 3.39. The molecule has 1 aliphatic carbocycles. The van der Waals surface area contributed by atoms with Crippen LogP contribution >= 0.6 is 0 Å². The van der Waals surface area contributed by atoms with Gasteiger partial charge in [-0.2, -0.15) is 0 Å². The van der Waals surface area contributed by atoms with E-state index in [4.69, 9.17) is 0 Å². The first-order valence-electron chi connectivity index (χ1n) is 5.69. The molecule has 1 saturated carbocycles. The van der Waals surface area contributed by atoms with E-state index in [2.05, 4.69) is 0 Å². The normalized spacial score (nSPS) is 36.1. The zero-order chi connectivity index (χ0) is 11.3. The Kier molecular flexibility index (Phi) is 2.43. The standard InChI is InChI=1S/C11H20O3S/c1-10(2)9(4-7-15(10,13)14)11(8-12)5-3-6-11/h9,12H,3-8H2,1-2H3. The van der Waals surface area contributed by atoms with Crippen molar-refractivity contribution in [2.24, 2.45) is 11.3 Å². The average molecular weight is 232 g/mol. The maximum Gasteiger partial charge on any atom is 0.155 e. The molecule has 2 fully saturated rings. The second kappa shape index (κ2) is 3.20. The van der Waals surface area contributed by atoms with Crippen LogP contribution in [0.1, 0.15) is 39.5 Å². The molecule has 0 aromatic heterocycles. The summed E-state index contributed by atoms with van der Waals surface area (Å²) < 4.78 is 23.2. The number of rotatable bonds is 2. The Morgan fingerprint density at radius 3 is 2.20 bits per heavy atom. The molecule has 0 bridgehead atoms. The second-order valence-electron chi connectivity index (χ2n) is 5.64. The van der Waals surface area contributed by atoms with Gasteiger partial charge in [-0.05, 0) is 44.4 Å². The van der Waals surface area contributed by atoms with Crippen molar-refractivity contribution in [3.05, 3.63) is 0 Å². The Morgan fingerprint density at radius 1 is 1.33 bits per heavy atom. The zero-order valence-electron chi connectivity index (χ0n) is 9.49. The van der Waals surface area contributed by atoms with Gasteiger partial charge in [-0.25, -0.2) is 8.42 Å². The molecule has 1 N–H and O–H groups in total. The maximum absolute atomic E-state index is 11.9. The summed E-state index contributed by atoms with van der Waals surface area (Å²) in [5.74, 6) is 0.445. The fraction of sp³-hybridized carbons (Fsp3) is 1.00. The third-order valence-corrected chi connectivity index (χ3v) is 7.38. The quantitative estimate of drug-likeness (QED) is 0.782. The van der Waals surface area contributed by atoms with Crippen molar-refractivity contribution >= 4 is 9.84 Å². The molecule has 0 spiro atoms. The Bertz CT molecular complexity index is 347. The summed E-state index contributed by atoms with van der Waals surface area (Å²) in [6.07, 6.45) is 3.85. The number of hydrogen-bond donors (Lipinski definition) is 1. The second-order valence-corrected chi connectivity index (χ2v) is 8.33. The van der Waals surface area contributed by atoms with E-state index in [1.54, 1.807) is 0 Å². The van der Waals surface area contributed by atoms with Crippen molar-refractivity contribution in [2.75, 3.05) is 12.4 Å². The van der Waals surface area contributed by atoms with Crippen molar-refractivity contribution in [2.45, 2.75) is 44.3 Å². The van der Waals surface area contributed by atoms with Gasteiger partial charge < -0.3 is 5.11 Å². The SMILES string of the molecule is CC1(C)C(C2(CO)CCC2)CCS1(=O)=O. The minimum atomic E-state index is -2.95. The summed E-state index contributed by atoms with van der Waals surface area (Å²) in [5.41, 5.74) is -0.0902. The van der Waals surface area contributed by atoms with Gasteiger partial charge in [0.25, 0.3) is 0 Å². The van der Waals surface area contributed by atoms with E-state index in [1.165, 1.54) is 0 Å². The predicted molar refractivity (Wildman–Crippen MR) is 59.3 cm³/mol. The van der Waals surface area contributed by atoms with Crippen molar-refractivity contribution in [3.63, 3.8) is 0 Å². The zero-order valence-corrected chi connectivity index (χ0v) is 10.3. The van der Waals surface area contributed by atoms with Gasteiger partial charge in [-0.15, -0.1) is 0 Å². The summed E-state index contributed by atoms with van der Waals surface area (Å²) in [4.78, 5) is 0. The smallest absolute Gasteiger partial charge is 0.155 e. The topological polar surface area (TPSA) is 54.4 Å². The Labute approximate surface area is 91.8 Å². The number of sulfone groups is 1. The highest BCUT2D eigenvalue weighted by Gasteiger charge is 2.57. The van der Waals surface area contributed by atoms with Gasteiger partial charge in [0.15, 0.2) is 9.84 Å². The van der Waals surface area contributed by atoms with Crippen molar-refractivity contribution < 1.29 is 13.5 Å². The van der Waals surface area contributed by atoms with Crippen LogP contribution in [0.25, 0.3) is 0 Å². The third-order valence-electron chi connectivity index (χ3n) is 4.72. The molecule has 0 aromatic carbocycles. The highest BCUT2D eigenvalue weighted by Crippen LogP contribution is 2.56. The number of aliphatic hydroxyl groups excluding tert-OH is 1. The van der Waals surface area contributed by atoms with E-state index in [9.17, 15) is 13.5 Å². The molecule has 1 unspecified atom stereocenters. The molecule has 0 amide bonds. The summed E-state index contributed by atoms with van der Waals surface area (Å²) in [5, 5.41) is 9.50. The highest BCUT2D eigenvalue weighted by molar-refractivity contribution is 7.93. The predicted octanol–water partition coefficient (Wildman–Crippen LogP) is 1.36. The first-order chi connectivity index (χ1) is 6.86. The summed E-state index contributed by atoms with van der Waals surface area (Å²) in [7, 11) is -2.95. The van der Waals surface area contributed by atoms with Crippen LogP contribution in [0.15, 0.2) is 0 Å². The largest absolute Gasteiger partial charge is 0.396 e. The molecular formula is C11H20O3S. The van der Waals surface area contributed by atoms with E-state index in [0.29, 0.717) is 5.75 Å². The van der Waals surface area contributed by atoms with Crippen LogP contribution in [0.4, 0.5) is 0 Å². The molecule has 1 heterocycles. The summed E-state index contributed by atoms with van der Waals surface area (Å²) in [6, 6.07) is 0. The average Bonchev–Trinajstić information content (AvgIpc) is 2.26. The van der Waals surface area contributed by atoms with E-state index >= 15 is 0 Å². The number of aliphatic hydroxyl groups is 1. The molecule has 1 saturated heterocycles. The molecule has 2 rings (SSSR count). The fourth-order valence-corrected chi connectivity index (χ4v) is 5.27. The molecular weight excluding hydrogens is 212 g/mol. The minimum absolute atomic E-state index is 0.0902. The molecule has 4 heteroatoms. The van der Waals surface area contributed by atoms with Gasteiger partial charge in [0.2, 0.25) is 0 Å². The Hall–Kier alpha value is -0.0900. The van der Waals surface area contributed by atoms with Crippen LogP contribution in [0, 0.1) is 11.3 Å². The van der Waals surface area contributed by atoms with Crippen LogP contribution in [-0.4, -0.2) is 30.6 Å². The maximum atomic E-state index is 11.9. The van der Waals surface area contributed by atoms with Gasteiger partial charge in [0.05, 0.1) is 10.5 Å². The lowest BCUT2D eigenvalue weighted by Crippen LogP contribution is -2.49. The summed E-state index contributed by atoms with van der Waals surface area (Å²) in [6.45, 7) is 3.81. The van der Waals surface area contributed by atoms with Gasteiger partial charge in [-0.1, -0.05) is 6.42 Å². The molecule has 1 aliphatic heterocycles. The Balaban J connectivity index is 2.33. The van der Waals surface area contributed by atoms with Gasteiger partial charge in [-0.3, -0.25) is 0 Å². The lowest BCUT2D eigenvalue weighted by atomic mass is 9.58. The molecule has 3 nitrogen and oxygen atoms in total. The van der Waals surface area contributed by atoms with Gasteiger partial charge in [0, 0.05) is 6.61 Å². The van der Waals surface area contributed by atoms with Crippen LogP contribution in [-0.2, 0) is 9.84 Å². The molecule has 2 aliphatic rings. The van der Waals surface area contributed by atoms with Crippen LogP contribution in [0.2, 0.25) is 0 Å². The molecule has 15 heavy (non-hydrogen) atoms. The third kappa shape index (κ3) is 1.37. The van der Waals surface area contributed by atoms with Crippen LogP contribution in [0.3, 0.4) is 0 Å². The lowest BCUT2D eigenvalue weighted by Gasteiger charge is -2.49. The van der Waals surface area contributed by atoms with E-state index in [0.717, 1.165) is 25.7 Å². The highest BCUT2D eigenvalue weighted by atomic mass is 32.2.